The number of anilines is 2. The van der Waals surface area contributed by atoms with E-state index >= 15 is 0 Å². The lowest BCUT2D eigenvalue weighted by Crippen LogP contribution is -2.36. The van der Waals surface area contributed by atoms with Gasteiger partial charge in [0.15, 0.2) is 0 Å². The summed E-state index contributed by atoms with van der Waals surface area (Å²) in [5.41, 5.74) is 2.29. The van der Waals surface area contributed by atoms with Crippen LogP contribution in [0.3, 0.4) is 0 Å². The maximum atomic E-state index is 12.7. The maximum absolute atomic E-state index is 12.7. The molecule has 1 heterocycles. The van der Waals surface area contributed by atoms with Crippen LogP contribution in [0.15, 0.2) is 47.4 Å². The molecule has 1 saturated heterocycles. The largest absolute Gasteiger partial charge is 0.496 e. The van der Waals surface area contributed by atoms with Crippen LogP contribution < -0.4 is 14.4 Å². The molecule has 1 aliphatic rings. The Hall–Kier alpha value is -2.25. The van der Waals surface area contributed by atoms with Gasteiger partial charge < -0.3 is 14.4 Å². The molecule has 0 saturated carbocycles. The molecular formula is C18H22N2O4S. The molecule has 2 aromatic carbocycles. The number of ether oxygens (including phenoxy) is 2. The molecule has 0 spiro atoms. The Morgan fingerprint density at radius 3 is 2.56 bits per heavy atom. The van der Waals surface area contributed by atoms with Crippen molar-refractivity contribution in [3.05, 3.63) is 48.0 Å². The highest BCUT2D eigenvalue weighted by atomic mass is 32.2. The minimum Gasteiger partial charge on any atom is -0.496 e. The first-order valence-corrected chi connectivity index (χ1v) is 9.58. The number of nitrogens with one attached hydrogen (secondary N) is 1. The van der Waals surface area contributed by atoms with Crippen LogP contribution in [0.4, 0.5) is 11.4 Å². The first-order valence-electron chi connectivity index (χ1n) is 8.10. The fraction of sp³-hybridized carbons (Fsp3) is 0.333. The Labute approximate surface area is 148 Å². The summed E-state index contributed by atoms with van der Waals surface area (Å²) < 4.78 is 38.5. The minimum atomic E-state index is -3.66. The van der Waals surface area contributed by atoms with Gasteiger partial charge in [0.25, 0.3) is 10.0 Å². The summed E-state index contributed by atoms with van der Waals surface area (Å²) >= 11 is 0. The normalized spacial score (nSPS) is 15.0. The van der Waals surface area contributed by atoms with Crippen LogP contribution in [0, 0.1) is 6.92 Å². The third-order valence-corrected chi connectivity index (χ3v) is 5.53. The van der Waals surface area contributed by atoms with Crippen molar-refractivity contribution >= 4 is 21.4 Å². The van der Waals surface area contributed by atoms with Crippen molar-refractivity contribution in [3.63, 3.8) is 0 Å². The van der Waals surface area contributed by atoms with Gasteiger partial charge in [-0.15, -0.1) is 0 Å². The molecule has 2 aromatic rings. The van der Waals surface area contributed by atoms with E-state index in [4.69, 9.17) is 9.47 Å². The van der Waals surface area contributed by atoms with E-state index in [2.05, 4.69) is 9.62 Å². The second-order valence-corrected chi connectivity index (χ2v) is 7.57. The van der Waals surface area contributed by atoms with Gasteiger partial charge in [-0.3, -0.25) is 4.72 Å². The van der Waals surface area contributed by atoms with E-state index in [0.717, 1.165) is 24.3 Å². The Morgan fingerprint density at radius 1 is 1.12 bits per heavy atom. The van der Waals surface area contributed by atoms with E-state index < -0.39 is 10.0 Å². The van der Waals surface area contributed by atoms with Crippen LogP contribution in [0.2, 0.25) is 0 Å². The lowest BCUT2D eigenvalue weighted by molar-refractivity contribution is 0.122. The zero-order chi connectivity index (χ0) is 17.9. The number of hydrogen-bond acceptors (Lipinski definition) is 5. The molecule has 0 atom stereocenters. The Morgan fingerprint density at radius 2 is 1.88 bits per heavy atom. The number of aryl methyl sites for hydroxylation is 1. The monoisotopic (exact) mass is 362 g/mol. The number of methoxy groups -OCH3 is 1. The molecule has 134 valence electrons. The molecule has 1 aliphatic heterocycles. The molecule has 7 heteroatoms. The molecule has 0 radical (unpaired) electrons. The van der Waals surface area contributed by atoms with Crippen molar-refractivity contribution in [2.75, 3.05) is 43.0 Å². The van der Waals surface area contributed by atoms with E-state index in [1.165, 1.54) is 0 Å². The molecule has 6 nitrogen and oxygen atoms in total. The molecule has 25 heavy (non-hydrogen) atoms. The fourth-order valence-corrected chi connectivity index (χ4v) is 3.95. The highest BCUT2D eigenvalue weighted by Gasteiger charge is 2.17. The van der Waals surface area contributed by atoms with E-state index in [9.17, 15) is 8.42 Å². The van der Waals surface area contributed by atoms with Gasteiger partial charge in [0, 0.05) is 18.8 Å². The topological polar surface area (TPSA) is 67.9 Å². The van der Waals surface area contributed by atoms with Crippen molar-refractivity contribution < 1.29 is 17.9 Å². The second-order valence-electron chi connectivity index (χ2n) is 5.89. The Bertz CT molecular complexity index is 846. The van der Waals surface area contributed by atoms with Crippen molar-refractivity contribution in [3.8, 4) is 5.75 Å². The molecule has 3 rings (SSSR count). The quantitative estimate of drug-likeness (QED) is 0.886. The Kier molecular flexibility index (Phi) is 5.15. The van der Waals surface area contributed by atoms with Gasteiger partial charge >= 0.3 is 0 Å². The summed E-state index contributed by atoms with van der Waals surface area (Å²) in [5, 5.41) is 0. The molecule has 1 fully saturated rings. The van der Waals surface area contributed by atoms with E-state index in [0.29, 0.717) is 24.7 Å². The highest BCUT2D eigenvalue weighted by molar-refractivity contribution is 7.92. The number of hydrogen-bond donors (Lipinski definition) is 1. The predicted octanol–water partition coefficient (Wildman–Crippen LogP) is 2.64. The van der Waals surface area contributed by atoms with Crippen LogP contribution in [-0.4, -0.2) is 41.8 Å². The van der Waals surface area contributed by atoms with E-state index in [-0.39, 0.29) is 4.90 Å². The minimum absolute atomic E-state index is 0.211. The summed E-state index contributed by atoms with van der Waals surface area (Å²) in [7, 11) is -2.10. The maximum Gasteiger partial charge on any atom is 0.261 e. The standard InChI is InChI=1S/C18H22N2O4S/c1-14-12-17(6-7-18(14)23-2)25(21,22)19-15-4-3-5-16(13-15)20-8-10-24-11-9-20/h3-7,12-13,19H,8-11H2,1-2H3. The number of rotatable bonds is 5. The van der Waals surface area contributed by atoms with Gasteiger partial charge in [-0.2, -0.15) is 0 Å². The number of morpholine rings is 1. The molecule has 0 amide bonds. The number of benzene rings is 2. The van der Waals surface area contributed by atoms with Crippen molar-refractivity contribution in [2.45, 2.75) is 11.8 Å². The zero-order valence-corrected chi connectivity index (χ0v) is 15.2. The SMILES string of the molecule is COc1ccc(S(=O)(=O)Nc2cccc(N3CCOCC3)c2)cc1C. The van der Waals surface area contributed by atoms with Gasteiger partial charge in [0.1, 0.15) is 5.75 Å². The molecule has 0 aromatic heterocycles. The van der Waals surface area contributed by atoms with Gasteiger partial charge in [-0.25, -0.2) is 8.42 Å². The summed E-state index contributed by atoms with van der Waals surface area (Å²) in [6, 6.07) is 12.2. The second kappa shape index (κ2) is 7.33. The average molecular weight is 362 g/mol. The molecule has 0 unspecified atom stereocenters. The van der Waals surface area contributed by atoms with Crippen molar-refractivity contribution in [2.24, 2.45) is 0 Å². The lowest BCUT2D eigenvalue weighted by atomic mass is 10.2. The van der Waals surface area contributed by atoms with Crippen molar-refractivity contribution in [1.82, 2.24) is 0 Å². The molecule has 0 aliphatic carbocycles. The van der Waals surface area contributed by atoms with Gasteiger partial charge in [-0.05, 0) is 48.9 Å². The third kappa shape index (κ3) is 4.05. The van der Waals surface area contributed by atoms with Crippen LogP contribution >= 0.6 is 0 Å². The zero-order valence-electron chi connectivity index (χ0n) is 14.4. The first kappa shape index (κ1) is 17.6. The van der Waals surface area contributed by atoms with Crippen molar-refractivity contribution in [1.29, 1.82) is 0 Å². The van der Waals surface area contributed by atoms with Crippen LogP contribution in [0.25, 0.3) is 0 Å². The third-order valence-electron chi connectivity index (χ3n) is 4.15. The summed E-state index contributed by atoms with van der Waals surface area (Å²) in [6.07, 6.45) is 0. The van der Waals surface area contributed by atoms with E-state index in [1.807, 2.05) is 25.1 Å². The highest BCUT2D eigenvalue weighted by Crippen LogP contribution is 2.25. The summed E-state index contributed by atoms with van der Waals surface area (Å²) in [4.78, 5) is 2.39. The fourth-order valence-electron chi connectivity index (χ4n) is 2.82. The lowest BCUT2D eigenvalue weighted by Gasteiger charge is -2.29. The van der Waals surface area contributed by atoms with Crippen LogP contribution in [0.1, 0.15) is 5.56 Å². The number of nitrogens with zero attached hydrogens (tertiary/aromatic N) is 1. The van der Waals surface area contributed by atoms with Gasteiger partial charge in [0.05, 0.1) is 30.9 Å². The first-order chi connectivity index (χ1) is 12.0. The number of sulfonamides is 1. The smallest absolute Gasteiger partial charge is 0.261 e. The van der Waals surface area contributed by atoms with Gasteiger partial charge in [-0.1, -0.05) is 6.07 Å². The molecular weight excluding hydrogens is 340 g/mol. The predicted molar refractivity (Wildman–Crippen MR) is 98.0 cm³/mol. The Balaban J connectivity index is 1.82. The van der Waals surface area contributed by atoms with Gasteiger partial charge in [0.2, 0.25) is 0 Å². The molecule has 1 N–H and O–H groups in total. The van der Waals surface area contributed by atoms with E-state index in [1.54, 1.807) is 31.4 Å². The summed E-state index contributed by atoms with van der Waals surface area (Å²) in [6.45, 7) is 4.78. The summed E-state index contributed by atoms with van der Waals surface area (Å²) in [5.74, 6) is 0.660. The average Bonchev–Trinajstić information content (AvgIpc) is 2.62. The van der Waals surface area contributed by atoms with Crippen LogP contribution in [-0.2, 0) is 14.8 Å². The molecule has 0 bridgehead atoms. The van der Waals surface area contributed by atoms with Crippen LogP contribution in [0.5, 0.6) is 5.75 Å².